The van der Waals surface area contributed by atoms with E-state index < -0.39 is 5.97 Å². The summed E-state index contributed by atoms with van der Waals surface area (Å²) in [5.41, 5.74) is 1.37. The summed E-state index contributed by atoms with van der Waals surface area (Å²) in [6.07, 6.45) is 2.87. The Hall–Kier alpha value is -2.54. The first-order chi connectivity index (χ1) is 12.1. The van der Waals surface area contributed by atoms with Crippen LogP contribution in [0.5, 0.6) is 0 Å². The molecule has 3 aromatic rings. The second-order valence-corrected chi connectivity index (χ2v) is 6.77. The standard InChI is InChI=1S/C18H19N3O3S/c1-3-7-15-12(4-2)10-16(25-15)18(23)24-11-21-17(22)13-8-5-6-9-14(13)19-20-21/h5-6,8-10H,3-4,7,11H2,1-2H3. The lowest BCUT2D eigenvalue weighted by Crippen LogP contribution is -2.26. The number of fused-ring (bicyclic) bond motifs is 1. The summed E-state index contributed by atoms with van der Waals surface area (Å²) in [5.74, 6) is -0.441. The van der Waals surface area contributed by atoms with Crippen LogP contribution in [-0.4, -0.2) is 21.0 Å². The molecule has 2 aromatic heterocycles. The van der Waals surface area contributed by atoms with Gasteiger partial charge in [0.15, 0.2) is 6.73 Å². The van der Waals surface area contributed by atoms with Gasteiger partial charge in [0.25, 0.3) is 5.56 Å². The number of nitrogens with zero attached hydrogens (tertiary/aromatic N) is 3. The minimum Gasteiger partial charge on any atom is -0.438 e. The van der Waals surface area contributed by atoms with Crippen LogP contribution in [0.3, 0.4) is 0 Å². The molecule has 1 aromatic carbocycles. The molecular weight excluding hydrogens is 338 g/mol. The Morgan fingerprint density at radius 3 is 2.84 bits per heavy atom. The third-order valence-corrected chi connectivity index (χ3v) is 5.12. The van der Waals surface area contributed by atoms with E-state index in [0.29, 0.717) is 15.8 Å². The number of rotatable bonds is 6. The first-order valence-electron chi connectivity index (χ1n) is 8.25. The van der Waals surface area contributed by atoms with E-state index in [1.165, 1.54) is 21.8 Å². The number of ether oxygens (including phenoxy) is 1. The Labute approximate surface area is 149 Å². The van der Waals surface area contributed by atoms with Crippen molar-refractivity contribution in [3.63, 3.8) is 0 Å². The van der Waals surface area contributed by atoms with E-state index >= 15 is 0 Å². The summed E-state index contributed by atoms with van der Waals surface area (Å²) in [4.78, 5) is 26.4. The second-order valence-electron chi connectivity index (χ2n) is 5.63. The first-order valence-corrected chi connectivity index (χ1v) is 9.07. The highest BCUT2D eigenvalue weighted by Crippen LogP contribution is 2.25. The summed E-state index contributed by atoms with van der Waals surface area (Å²) in [5, 5.41) is 8.24. The lowest BCUT2D eigenvalue weighted by atomic mass is 10.1. The molecule has 6 nitrogen and oxygen atoms in total. The highest BCUT2D eigenvalue weighted by atomic mass is 32.1. The average Bonchev–Trinajstić information content (AvgIpc) is 3.04. The predicted molar refractivity (Wildman–Crippen MR) is 96.9 cm³/mol. The molecule has 3 rings (SSSR count). The molecule has 0 aliphatic carbocycles. The molecule has 0 aliphatic heterocycles. The third kappa shape index (κ3) is 3.61. The van der Waals surface area contributed by atoms with Gasteiger partial charge in [-0.2, -0.15) is 4.68 Å². The van der Waals surface area contributed by atoms with E-state index in [-0.39, 0.29) is 12.3 Å². The summed E-state index contributed by atoms with van der Waals surface area (Å²) >= 11 is 1.46. The van der Waals surface area contributed by atoms with Gasteiger partial charge >= 0.3 is 5.97 Å². The molecule has 7 heteroatoms. The van der Waals surface area contributed by atoms with Gasteiger partial charge < -0.3 is 4.74 Å². The number of hydrogen-bond acceptors (Lipinski definition) is 6. The van der Waals surface area contributed by atoms with Crippen LogP contribution in [0.4, 0.5) is 0 Å². The number of esters is 1. The lowest BCUT2D eigenvalue weighted by Gasteiger charge is -2.05. The van der Waals surface area contributed by atoms with Gasteiger partial charge in [-0.15, -0.1) is 16.4 Å². The fraction of sp³-hybridized carbons (Fsp3) is 0.333. The number of benzene rings is 1. The minimum atomic E-state index is -0.441. The van der Waals surface area contributed by atoms with Crippen molar-refractivity contribution in [2.75, 3.05) is 0 Å². The molecule has 25 heavy (non-hydrogen) atoms. The molecule has 0 fully saturated rings. The van der Waals surface area contributed by atoms with Gasteiger partial charge in [-0.1, -0.05) is 37.6 Å². The van der Waals surface area contributed by atoms with Crippen LogP contribution in [0.2, 0.25) is 0 Å². The molecule has 0 bridgehead atoms. The number of aromatic nitrogens is 3. The topological polar surface area (TPSA) is 74.1 Å². The zero-order chi connectivity index (χ0) is 17.8. The van der Waals surface area contributed by atoms with Crippen LogP contribution >= 0.6 is 11.3 Å². The van der Waals surface area contributed by atoms with Crippen molar-refractivity contribution >= 4 is 28.2 Å². The Kier molecular flexibility index (Phi) is 5.23. The maximum atomic E-state index is 12.3. The van der Waals surface area contributed by atoms with Gasteiger partial charge in [-0.05, 0) is 36.6 Å². The van der Waals surface area contributed by atoms with Gasteiger partial charge in [0, 0.05) is 4.88 Å². The van der Waals surface area contributed by atoms with Crippen LogP contribution < -0.4 is 5.56 Å². The molecule has 0 N–H and O–H groups in total. The molecular formula is C18H19N3O3S. The van der Waals surface area contributed by atoms with Crippen molar-refractivity contribution in [1.29, 1.82) is 0 Å². The third-order valence-electron chi connectivity index (χ3n) is 3.90. The molecule has 0 saturated heterocycles. The summed E-state index contributed by atoms with van der Waals surface area (Å²) in [7, 11) is 0. The van der Waals surface area contributed by atoms with Crippen LogP contribution in [0.15, 0.2) is 35.1 Å². The highest BCUT2D eigenvalue weighted by molar-refractivity contribution is 7.14. The van der Waals surface area contributed by atoms with Crippen LogP contribution in [0.1, 0.15) is 40.4 Å². The SMILES string of the molecule is CCCc1sc(C(=O)OCn2nnc3ccccc3c2=O)cc1CC. The Morgan fingerprint density at radius 2 is 2.08 bits per heavy atom. The molecule has 0 aliphatic rings. The van der Waals surface area contributed by atoms with E-state index in [9.17, 15) is 9.59 Å². The van der Waals surface area contributed by atoms with Crippen molar-refractivity contribution in [3.8, 4) is 0 Å². The second kappa shape index (κ2) is 7.57. The number of carbonyl (C=O) groups excluding carboxylic acids is 1. The molecule has 0 radical (unpaired) electrons. The molecule has 0 amide bonds. The Balaban J connectivity index is 1.76. The highest BCUT2D eigenvalue weighted by Gasteiger charge is 2.15. The maximum absolute atomic E-state index is 12.3. The fourth-order valence-electron chi connectivity index (χ4n) is 2.60. The van der Waals surface area contributed by atoms with Crippen molar-refractivity contribution in [1.82, 2.24) is 15.0 Å². The number of aryl methyl sites for hydroxylation is 2. The summed E-state index contributed by atoms with van der Waals surface area (Å²) < 4.78 is 6.32. The number of carbonyl (C=O) groups is 1. The van der Waals surface area contributed by atoms with Crippen LogP contribution in [0, 0.1) is 0 Å². The molecule has 130 valence electrons. The first kappa shape index (κ1) is 17.3. The molecule has 0 unspecified atom stereocenters. The molecule has 0 spiro atoms. The summed E-state index contributed by atoms with van der Waals surface area (Å²) in [6.45, 7) is 3.93. The van der Waals surface area contributed by atoms with Crippen LogP contribution in [-0.2, 0) is 24.3 Å². The van der Waals surface area contributed by atoms with Gasteiger partial charge in [0.2, 0.25) is 0 Å². The van der Waals surface area contributed by atoms with Crippen molar-refractivity contribution in [2.45, 2.75) is 39.8 Å². The van der Waals surface area contributed by atoms with Gasteiger partial charge in [-0.25, -0.2) is 4.79 Å². The summed E-state index contributed by atoms with van der Waals surface area (Å²) in [6, 6.07) is 8.82. The molecule has 2 heterocycles. The quantitative estimate of drug-likeness (QED) is 0.634. The van der Waals surface area contributed by atoms with Crippen LogP contribution in [0.25, 0.3) is 10.9 Å². The normalized spacial score (nSPS) is 11.0. The average molecular weight is 357 g/mol. The fourth-order valence-corrected chi connectivity index (χ4v) is 3.85. The predicted octanol–water partition coefficient (Wildman–Crippen LogP) is 3.18. The monoisotopic (exact) mass is 357 g/mol. The van der Waals surface area contributed by atoms with Gasteiger partial charge in [-0.3, -0.25) is 4.79 Å². The molecule has 0 atom stereocenters. The van der Waals surface area contributed by atoms with Crippen molar-refractivity contribution in [3.05, 3.63) is 56.0 Å². The zero-order valence-corrected chi connectivity index (χ0v) is 15.0. The van der Waals surface area contributed by atoms with Gasteiger partial charge in [0.05, 0.1) is 5.39 Å². The largest absolute Gasteiger partial charge is 0.438 e. The van der Waals surface area contributed by atoms with E-state index in [2.05, 4.69) is 24.2 Å². The zero-order valence-electron chi connectivity index (χ0n) is 14.2. The molecule has 0 saturated carbocycles. The smallest absolute Gasteiger partial charge is 0.350 e. The Bertz CT molecular complexity index is 962. The van der Waals surface area contributed by atoms with E-state index in [4.69, 9.17) is 4.74 Å². The number of thiophene rings is 1. The maximum Gasteiger partial charge on any atom is 0.350 e. The van der Waals surface area contributed by atoms with E-state index in [1.54, 1.807) is 24.3 Å². The van der Waals surface area contributed by atoms with E-state index in [1.807, 2.05) is 6.07 Å². The van der Waals surface area contributed by atoms with Crippen molar-refractivity contribution in [2.24, 2.45) is 0 Å². The number of hydrogen-bond donors (Lipinski definition) is 0. The Morgan fingerprint density at radius 1 is 1.28 bits per heavy atom. The minimum absolute atomic E-state index is 0.252. The van der Waals surface area contributed by atoms with Gasteiger partial charge in [0.1, 0.15) is 10.4 Å². The van der Waals surface area contributed by atoms with Crippen molar-refractivity contribution < 1.29 is 9.53 Å². The lowest BCUT2D eigenvalue weighted by molar-refractivity contribution is 0.0342. The van der Waals surface area contributed by atoms with E-state index in [0.717, 1.165) is 23.9 Å².